The lowest BCUT2D eigenvalue weighted by atomic mass is 9.97. The van der Waals surface area contributed by atoms with Crippen LogP contribution in [0.5, 0.6) is 5.75 Å². The third kappa shape index (κ3) is 4.66. The average molecular weight is 277 g/mol. The van der Waals surface area contributed by atoms with E-state index in [4.69, 9.17) is 4.74 Å². The zero-order valence-corrected chi connectivity index (χ0v) is 13.0. The van der Waals surface area contributed by atoms with Gasteiger partial charge in [0.05, 0.1) is 13.2 Å². The zero-order valence-electron chi connectivity index (χ0n) is 13.0. The molecule has 0 fully saturated rings. The number of methoxy groups -OCH3 is 1. The van der Waals surface area contributed by atoms with Crippen molar-refractivity contribution in [3.05, 3.63) is 42.5 Å². The van der Waals surface area contributed by atoms with Crippen molar-refractivity contribution in [3.8, 4) is 5.75 Å². The smallest absolute Gasteiger partial charge is 0.118 e. The van der Waals surface area contributed by atoms with Gasteiger partial charge in [0.15, 0.2) is 0 Å². The number of allylic oxidation sites excluding steroid dienone is 1. The maximum absolute atomic E-state index is 10.4. The fourth-order valence-electron chi connectivity index (χ4n) is 2.23. The highest BCUT2D eigenvalue weighted by Gasteiger charge is 2.20. The minimum Gasteiger partial charge on any atom is -0.497 e. The summed E-state index contributed by atoms with van der Waals surface area (Å²) in [5.74, 6) is 1.30. The molecule has 0 aliphatic rings. The van der Waals surface area contributed by atoms with Gasteiger partial charge in [-0.25, -0.2) is 0 Å². The minimum absolute atomic E-state index is 0.00865. The third-order valence-electron chi connectivity index (χ3n) is 3.85. The molecule has 20 heavy (non-hydrogen) atoms. The summed E-state index contributed by atoms with van der Waals surface area (Å²) in [5, 5.41) is 13.9. The molecule has 1 aromatic carbocycles. The van der Waals surface area contributed by atoms with Gasteiger partial charge < -0.3 is 15.2 Å². The number of aliphatic hydroxyl groups is 1. The molecule has 3 nitrogen and oxygen atoms in total. The van der Waals surface area contributed by atoms with E-state index in [0.29, 0.717) is 12.0 Å². The van der Waals surface area contributed by atoms with Crippen molar-refractivity contribution in [2.75, 3.05) is 7.11 Å². The average Bonchev–Trinajstić information content (AvgIpc) is 2.46. The van der Waals surface area contributed by atoms with Crippen molar-refractivity contribution >= 4 is 0 Å². The molecule has 0 saturated heterocycles. The predicted octanol–water partition coefficient (Wildman–Crippen LogP) is 3.31. The van der Waals surface area contributed by atoms with Crippen LogP contribution >= 0.6 is 0 Å². The topological polar surface area (TPSA) is 41.5 Å². The maximum atomic E-state index is 10.4. The summed E-state index contributed by atoms with van der Waals surface area (Å²) in [4.78, 5) is 0. The highest BCUT2D eigenvalue weighted by atomic mass is 16.5. The fraction of sp³-hybridized carbons (Fsp3) is 0.529. The first-order valence-corrected chi connectivity index (χ1v) is 7.18. The standard InChI is InChI=1S/C17H27NO2/c1-6-7-12(2)13(3)18-14(4)17(19)15-8-10-16(20-5)11-9-15/h6,8-14,17-19H,1,7H2,2-5H3. The molecule has 0 bridgehead atoms. The van der Waals surface area contributed by atoms with E-state index in [2.05, 4.69) is 25.7 Å². The Morgan fingerprint density at radius 1 is 1.20 bits per heavy atom. The van der Waals surface area contributed by atoms with Gasteiger partial charge in [0.25, 0.3) is 0 Å². The summed E-state index contributed by atoms with van der Waals surface area (Å²) in [5.41, 5.74) is 0.898. The molecule has 0 spiro atoms. The van der Waals surface area contributed by atoms with Crippen LogP contribution in [0.1, 0.15) is 38.9 Å². The Labute approximate surface area is 122 Å². The van der Waals surface area contributed by atoms with Crippen molar-refractivity contribution in [1.29, 1.82) is 0 Å². The van der Waals surface area contributed by atoms with Crippen molar-refractivity contribution in [3.63, 3.8) is 0 Å². The van der Waals surface area contributed by atoms with E-state index in [1.807, 2.05) is 37.3 Å². The van der Waals surface area contributed by atoms with Crippen LogP contribution in [0.2, 0.25) is 0 Å². The number of nitrogens with one attached hydrogen (secondary N) is 1. The second kappa shape index (κ2) is 8.08. The molecular weight excluding hydrogens is 250 g/mol. The number of hydrogen-bond acceptors (Lipinski definition) is 3. The van der Waals surface area contributed by atoms with Gasteiger partial charge in [-0.1, -0.05) is 25.1 Å². The number of benzene rings is 1. The molecule has 0 aromatic heterocycles. The van der Waals surface area contributed by atoms with Gasteiger partial charge in [0.1, 0.15) is 5.75 Å². The van der Waals surface area contributed by atoms with E-state index in [0.717, 1.165) is 17.7 Å². The lowest BCUT2D eigenvalue weighted by molar-refractivity contribution is 0.125. The van der Waals surface area contributed by atoms with Crippen molar-refractivity contribution in [2.45, 2.75) is 45.4 Å². The van der Waals surface area contributed by atoms with E-state index in [1.54, 1.807) is 7.11 Å². The Morgan fingerprint density at radius 3 is 2.30 bits per heavy atom. The maximum Gasteiger partial charge on any atom is 0.118 e. The normalized spacial score (nSPS) is 17.1. The van der Waals surface area contributed by atoms with Crippen LogP contribution in [0.25, 0.3) is 0 Å². The van der Waals surface area contributed by atoms with Gasteiger partial charge in [-0.2, -0.15) is 0 Å². The molecule has 0 radical (unpaired) electrons. The van der Waals surface area contributed by atoms with Gasteiger partial charge in [-0.05, 0) is 43.9 Å². The van der Waals surface area contributed by atoms with E-state index in [-0.39, 0.29) is 6.04 Å². The van der Waals surface area contributed by atoms with Crippen LogP contribution in [0.15, 0.2) is 36.9 Å². The van der Waals surface area contributed by atoms with Crippen LogP contribution in [-0.2, 0) is 0 Å². The van der Waals surface area contributed by atoms with Crippen molar-refractivity contribution < 1.29 is 9.84 Å². The molecule has 2 N–H and O–H groups in total. The summed E-state index contributed by atoms with van der Waals surface area (Å²) in [7, 11) is 1.64. The third-order valence-corrected chi connectivity index (χ3v) is 3.85. The van der Waals surface area contributed by atoms with Gasteiger partial charge in [-0.3, -0.25) is 0 Å². The molecule has 0 heterocycles. The van der Waals surface area contributed by atoms with Crippen molar-refractivity contribution in [2.24, 2.45) is 5.92 Å². The van der Waals surface area contributed by atoms with Crippen LogP contribution in [-0.4, -0.2) is 24.3 Å². The lowest BCUT2D eigenvalue weighted by Crippen LogP contribution is -2.41. The largest absolute Gasteiger partial charge is 0.497 e. The van der Waals surface area contributed by atoms with Crippen LogP contribution in [0, 0.1) is 5.92 Å². The van der Waals surface area contributed by atoms with Crippen molar-refractivity contribution in [1.82, 2.24) is 5.32 Å². The molecule has 0 aliphatic carbocycles. The van der Waals surface area contributed by atoms with E-state index < -0.39 is 6.10 Å². The molecular formula is C17H27NO2. The highest BCUT2D eigenvalue weighted by Crippen LogP contribution is 2.21. The summed E-state index contributed by atoms with van der Waals surface area (Å²) in [6.07, 6.45) is 2.38. The second-order valence-electron chi connectivity index (χ2n) is 5.46. The summed E-state index contributed by atoms with van der Waals surface area (Å²) in [6.45, 7) is 10.1. The molecule has 0 amide bonds. The molecule has 4 atom stereocenters. The van der Waals surface area contributed by atoms with Gasteiger partial charge >= 0.3 is 0 Å². The Morgan fingerprint density at radius 2 is 1.80 bits per heavy atom. The summed E-state index contributed by atoms with van der Waals surface area (Å²) >= 11 is 0. The number of ether oxygens (including phenoxy) is 1. The van der Waals surface area contributed by atoms with Crippen LogP contribution in [0.4, 0.5) is 0 Å². The Kier molecular flexibility index (Phi) is 6.76. The number of rotatable bonds is 8. The first-order chi connectivity index (χ1) is 9.49. The molecule has 0 saturated carbocycles. The predicted molar refractivity (Wildman–Crippen MR) is 84.0 cm³/mol. The molecule has 4 unspecified atom stereocenters. The molecule has 3 heteroatoms. The molecule has 1 rings (SSSR count). The van der Waals surface area contributed by atoms with Gasteiger partial charge in [0, 0.05) is 12.1 Å². The lowest BCUT2D eigenvalue weighted by Gasteiger charge is -2.28. The minimum atomic E-state index is -0.528. The molecule has 0 aliphatic heterocycles. The molecule has 112 valence electrons. The quantitative estimate of drug-likeness (QED) is 0.716. The SMILES string of the molecule is C=CCC(C)C(C)NC(C)C(O)c1ccc(OC)cc1. The van der Waals surface area contributed by atoms with Crippen LogP contribution < -0.4 is 10.1 Å². The summed E-state index contributed by atoms with van der Waals surface area (Å²) < 4.78 is 5.13. The fourth-order valence-corrected chi connectivity index (χ4v) is 2.23. The van der Waals surface area contributed by atoms with Gasteiger partial charge in [-0.15, -0.1) is 6.58 Å². The van der Waals surface area contributed by atoms with Crippen LogP contribution in [0.3, 0.4) is 0 Å². The first-order valence-electron chi connectivity index (χ1n) is 7.18. The van der Waals surface area contributed by atoms with E-state index in [1.165, 1.54) is 0 Å². The Bertz CT molecular complexity index is 402. The van der Waals surface area contributed by atoms with E-state index in [9.17, 15) is 5.11 Å². The van der Waals surface area contributed by atoms with E-state index >= 15 is 0 Å². The zero-order chi connectivity index (χ0) is 15.1. The highest BCUT2D eigenvalue weighted by molar-refractivity contribution is 5.29. The number of aliphatic hydroxyl groups excluding tert-OH is 1. The summed E-state index contributed by atoms with van der Waals surface area (Å²) in [6, 6.07) is 7.87. The monoisotopic (exact) mass is 277 g/mol. The van der Waals surface area contributed by atoms with Gasteiger partial charge in [0.2, 0.25) is 0 Å². The number of hydrogen-bond donors (Lipinski definition) is 2. The first kappa shape index (κ1) is 16.7. The molecule has 1 aromatic rings. The Balaban J connectivity index is 2.61. The second-order valence-corrected chi connectivity index (χ2v) is 5.46. The Hall–Kier alpha value is -1.32.